The fraction of sp³-hybridized carbons (Fsp3) is 0.786. The number of fused-ring (bicyclic) bond motifs is 1. The first kappa shape index (κ1) is 10.7. The first-order chi connectivity index (χ1) is 6.98. The summed E-state index contributed by atoms with van der Waals surface area (Å²) in [6, 6.07) is 2.28. The first-order valence-electron chi connectivity index (χ1n) is 6.04. The molecule has 0 spiro atoms. The topological polar surface area (TPSA) is 23.8 Å². The normalized spacial score (nSPS) is 40.3. The number of hydrogen-bond donors (Lipinski definition) is 0. The average Bonchev–Trinajstić information content (AvgIpc) is 2.67. The van der Waals surface area contributed by atoms with Crippen molar-refractivity contribution in [2.75, 3.05) is 0 Å². The van der Waals surface area contributed by atoms with Gasteiger partial charge in [-0.05, 0) is 42.9 Å². The molecule has 0 aliphatic heterocycles. The van der Waals surface area contributed by atoms with Gasteiger partial charge in [-0.1, -0.05) is 31.9 Å². The quantitative estimate of drug-likeness (QED) is 0.592. The standard InChI is InChI=1S/C14H21N/c1-9(5-6-15)11-8-13-12(7-10(11)2)14(13,3)4/h10,12-13H,5,7-8H2,1-4H3. The van der Waals surface area contributed by atoms with Gasteiger partial charge in [0.25, 0.3) is 0 Å². The Bertz CT molecular complexity index is 343. The highest BCUT2D eigenvalue weighted by Crippen LogP contribution is 2.67. The van der Waals surface area contributed by atoms with Crippen LogP contribution in [0.3, 0.4) is 0 Å². The molecule has 2 saturated carbocycles. The SMILES string of the molecule is CC(CC#N)=C1CC2C(CC1C)C2(C)C. The van der Waals surface area contributed by atoms with Crippen LogP contribution in [0.2, 0.25) is 0 Å². The zero-order valence-corrected chi connectivity index (χ0v) is 10.3. The minimum absolute atomic E-state index is 0.572. The Balaban J connectivity index is 2.17. The number of rotatable bonds is 1. The average molecular weight is 203 g/mol. The summed E-state index contributed by atoms with van der Waals surface area (Å²) >= 11 is 0. The van der Waals surface area contributed by atoms with Crippen LogP contribution in [0.5, 0.6) is 0 Å². The van der Waals surface area contributed by atoms with Crippen molar-refractivity contribution in [3.05, 3.63) is 11.1 Å². The maximum Gasteiger partial charge on any atom is 0.0666 e. The van der Waals surface area contributed by atoms with Crippen LogP contribution in [0.25, 0.3) is 0 Å². The van der Waals surface area contributed by atoms with Crippen LogP contribution in [0, 0.1) is 34.5 Å². The second kappa shape index (κ2) is 3.37. The third kappa shape index (κ3) is 1.61. The molecule has 15 heavy (non-hydrogen) atoms. The van der Waals surface area contributed by atoms with E-state index in [2.05, 4.69) is 33.8 Å². The molecule has 0 bridgehead atoms. The Labute approximate surface area is 93.2 Å². The molecule has 0 heterocycles. The van der Waals surface area contributed by atoms with Crippen molar-refractivity contribution in [3.63, 3.8) is 0 Å². The van der Waals surface area contributed by atoms with Crippen molar-refractivity contribution in [2.24, 2.45) is 23.2 Å². The molecular formula is C14H21N. The van der Waals surface area contributed by atoms with Gasteiger partial charge < -0.3 is 0 Å². The van der Waals surface area contributed by atoms with E-state index in [1.54, 1.807) is 5.57 Å². The molecule has 2 rings (SSSR count). The fourth-order valence-electron chi connectivity index (χ4n) is 3.52. The molecule has 3 atom stereocenters. The summed E-state index contributed by atoms with van der Waals surface area (Å²) in [7, 11) is 0. The molecule has 2 aliphatic carbocycles. The lowest BCUT2D eigenvalue weighted by molar-refractivity contribution is 0.449. The number of hydrogen-bond acceptors (Lipinski definition) is 1. The van der Waals surface area contributed by atoms with Gasteiger partial charge in [0.15, 0.2) is 0 Å². The number of nitrogens with zero attached hydrogens (tertiary/aromatic N) is 1. The highest BCUT2D eigenvalue weighted by Gasteiger charge is 2.59. The minimum Gasteiger partial charge on any atom is -0.198 e. The maximum absolute atomic E-state index is 8.75. The summed E-state index contributed by atoms with van der Waals surface area (Å²) in [5, 5.41) is 8.75. The number of nitriles is 1. The Morgan fingerprint density at radius 3 is 2.73 bits per heavy atom. The molecule has 0 radical (unpaired) electrons. The van der Waals surface area contributed by atoms with Crippen LogP contribution in [0.4, 0.5) is 0 Å². The molecular weight excluding hydrogens is 182 g/mol. The van der Waals surface area contributed by atoms with Crippen LogP contribution >= 0.6 is 0 Å². The van der Waals surface area contributed by atoms with Crippen LogP contribution in [0.15, 0.2) is 11.1 Å². The molecule has 1 nitrogen and oxygen atoms in total. The van der Waals surface area contributed by atoms with E-state index >= 15 is 0 Å². The summed E-state index contributed by atoms with van der Waals surface area (Å²) < 4.78 is 0. The Morgan fingerprint density at radius 2 is 2.13 bits per heavy atom. The van der Waals surface area contributed by atoms with Gasteiger partial charge in [-0.2, -0.15) is 5.26 Å². The zero-order chi connectivity index (χ0) is 11.2. The molecule has 2 aliphatic rings. The summed E-state index contributed by atoms with van der Waals surface area (Å²) in [4.78, 5) is 0. The second-order valence-corrected chi connectivity index (χ2v) is 6.02. The van der Waals surface area contributed by atoms with Gasteiger partial charge in [-0.25, -0.2) is 0 Å². The van der Waals surface area contributed by atoms with E-state index < -0.39 is 0 Å². The molecule has 0 aromatic heterocycles. The summed E-state index contributed by atoms with van der Waals surface area (Å²) in [5.74, 6) is 2.56. The van der Waals surface area contributed by atoms with Crippen molar-refractivity contribution in [2.45, 2.75) is 47.0 Å². The van der Waals surface area contributed by atoms with Crippen molar-refractivity contribution in [1.82, 2.24) is 0 Å². The van der Waals surface area contributed by atoms with Gasteiger partial charge in [0, 0.05) is 0 Å². The largest absolute Gasteiger partial charge is 0.198 e. The van der Waals surface area contributed by atoms with Gasteiger partial charge in [0.2, 0.25) is 0 Å². The molecule has 2 fully saturated rings. The van der Waals surface area contributed by atoms with Gasteiger partial charge in [-0.3, -0.25) is 0 Å². The van der Waals surface area contributed by atoms with E-state index in [1.807, 2.05) is 0 Å². The number of allylic oxidation sites excluding steroid dienone is 2. The van der Waals surface area contributed by atoms with Crippen LogP contribution in [-0.2, 0) is 0 Å². The molecule has 0 amide bonds. The summed E-state index contributed by atoms with van der Waals surface area (Å²) in [6.07, 6.45) is 3.22. The lowest BCUT2D eigenvalue weighted by Crippen LogP contribution is -2.10. The lowest BCUT2D eigenvalue weighted by Gasteiger charge is -2.23. The summed E-state index contributed by atoms with van der Waals surface area (Å²) in [6.45, 7) is 9.28. The van der Waals surface area contributed by atoms with Crippen LogP contribution in [0.1, 0.15) is 47.0 Å². The maximum atomic E-state index is 8.75. The fourth-order valence-corrected chi connectivity index (χ4v) is 3.52. The Hall–Kier alpha value is -0.770. The predicted molar refractivity (Wildman–Crippen MR) is 62.1 cm³/mol. The zero-order valence-electron chi connectivity index (χ0n) is 10.3. The third-order valence-electron chi connectivity index (χ3n) is 4.82. The highest BCUT2D eigenvalue weighted by molar-refractivity contribution is 5.26. The third-order valence-corrected chi connectivity index (χ3v) is 4.82. The molecule has 82 valence electrons. The predicted octanol–water partition coefficient (Wildman–Crippen LogP) is 3.92. The van der Waals surface area contributed by atoms with E-state index in [0.717, 1.165) is 11.8 Å². The smallest absolute Gasteiger partial charge is 0.0666 e. The van der Waals surface area contributed by atoms with E-state index in [1.165, 1.54) is 18.4 Å². The van der Waals surface area contributed by atoms with Gasteiger partial charge >= 0.3 is 0 Å². The minimum atomic E-state index is 0.572. The first-order valence-corrected chi connectivity index (χ1v) is 6.04. The van der Waals surface area contributed by atoms with E-state index in [9.17, 15) is 0 Å². The molecule has 1 heteroatoms. The Morgan fingerprint density at radius 1 is 1.47 bits per heavy atom. The van der Waals surface area contributed by atoms with E-state index in [-0.39, 0.29) is 0 Å². The van der Waals surface area contributed by atoms with E-state index in [4.69, 9.17) is 5.26 Å². The monoisotopic (exact) mass is 203 g/mol. The van der Waals surface area contributed by atoms with E-state index in [0.29, 0.717) is 17.8 Å². The van der Waals surface area contributed by atoms with Crippen molar-refractivity contribution in [1.29, 1.82) is 5.26 Å². The van der Waals surface area contributed by atoms with Gasteiger partial charge in [-0.15, -0.1) is 0 Å². The molecule has 0 saturated heterocycles. The van der Waals surface area contributed by atoms with Crippen LogP contribution < -0.4 is 0 Å². The van der Waals surface area contributed by atoms with Gasteiger partial charge in [0.05, 0.1) is 12.5 Å². The summed E-state index contributed by atoms with van der Waals surface area (Å²) in [5.41, 5.74) is 3.50. The van der Waals surface area contributed by atoms with Crippen molar-refractivity contribution >= 4 is 0 Å². The Kier molecular flexibility index (Phi) is 2.41. The molecule has 0 N–H and O–H groups in total. The van der Waals surface area contributed by atoms with Crippen molar-refractivity contribution < 1.29 is 0 Å². The second-order valence-electron chi connectivity index (χ2n) is 6.02. The van der Waals surface area contributed by atoms with Crippen LogP contribution in [-0.4, -0.2) is 0 Å². The highest BCUT2D eigenvalue weighted by atomic mass is 14.6. The lowest BCUT2D eigenvalue weighted by atomic mass is 9.82. The van der Waals surface area contributed by atoms with Gasteiger partial charge in [0.1, 0.15) is 0 Å². The molecule has 3 unspecified atom stereocenters. The molecule has 0 aromatic carbocycles. The molecule has 0 aromatic rings. The van der Waals surface area contributed by atoms with Crippen molar-refractivity contribution in [3.8, 4) is 6.07 Å².